The van der Waals surface area contributed by atoms with Gasteiger partial charge < -0.3 is 4.74 Å². The van der Waals surface area contributed by atoms with E-state index < -0.39 is 0 Å². The molecule has 182 valence electrons. The number of benzene rings is 4. The van der Waals surface area contributed by atoms with Gasteiger partial charge in [0.15, 0.2) is 0 Å². The van der Waals surface area contributed by atoms with Crippen LogP contribution in [0.4, 0.5) is 4.79 Å². The van der Waals surface area contributed by atoms with Gasteiger partial charge in [-0.2, -0.15) is 5.26 Å². The van der Waals surface area contributed by atoms with Gasteiger partial charge in [0.25, 0.3) is 11.1 Å². The number of rotatable bonds is 6. The highest BCUT2D eigenvalue weighted by Gasteiger charge is 2.35. The Labute approximate surface area is 235 Å². The number of hydrogen-bond acceptors (Lipinski definition) is 5. The molecule has 4 aromatic rings. The number of halogens is 2. The van der Waals surface area contributed by atoms with Crippen molar-refractivity contribution in [3.63, 3.8) is 0 Å². The average Bonchev–Trinajstić information content (AvgIpc) is 3.15. The van der Waals surface area contributed by atoms with Crippen LogP contribution in [-0.4, -0.2) is 16.0 Å². The standard InChI is InChI=1S/C29H18Br2N2O3S/c30-24-12-18(13-25(31)27(24)36-17-22-8-2-1-7-20(22)15-32)14-26-28(34)33(29(35)37-26)16-21-10-5-9-19-6-3-4-11-23(19)21/h1-14H,16-17H2/b26-14+. The molecule has 0 bridgehead atoms. The molecule has 8 heteroatoms. The van der Waals surface area contributed by atoms with E-state index in [1.54, 1.807) is 12.1 Å². The van der Waals surface area contributed by atoms with E-state index >= 15 is 0 Å². The van der Waals surface area contributed by atoms with E-state index in [1.165, 1.54) is 4.90 Å². The second-order valence-corrected chi connectivity index (χ2v) is 11.0. The number of hydrogen-bond donors (Lipinski definition) is 0. The second kappa shape index (κ2) is 10.9. The molecule has 1 saturated heterocycles. The lowest BCUT2D eigenvalue weighted by Crippen LogP contribution is -2.27. The summed E-state index contributed by atoms with van der Waals surface area (Å²) >= 11 is 8.02. The summed E-state index contributed by atoms with van der Waals surface area (Å²) in [5.41, 5.74) is 3.00. The maximum Gasteiger partial charge on any atom is 0.293 e. The highest BCUT2D eigenvalue weighted by molar-refractivity contribution is 9.11. The smallest absolute Gasteiger partial charge is 0.293 e. The molecule has 0 spiro atoms. The number of ether oxygens (including phenoxy) is 1. The first kappa shape index (κ1) is 25.3. The van der Waals surface area contributed by atoms with E-state index in [1.807, 2.05) is 72.8 Å². The van der Waals surface area contributed by atoms with Crippen LogP contribution in [0.3, 0.4) is 0 Å². The molecule has 0 aliphatic carbocycles. The van der Waals surface area contributed by atoms with Gasteiger partial charge >= 0.3 is 0 Å². The molecule has 0 unspecified atom stereocenters. The molecule has 0 N–H and O–H groups in total. The van der Waals surface area contributed by atoms with Gasteiger partial charge in [-0.1, -0.05) is 60.7 Å². The van der Waals surface area contributed by atoms with Crippen molar-refractivity contribution in [1.29, 1.82) is 5.26 Å². The molecular weight excluding hydrogens is 616 g/mol. The van der Waals surface area contributed by atoms with Gasteiger partial charge in [0.1, 0.15) is 12.4 Å². The molecule has 1 heterocycles. The largest absolute Gasteiger partial charge is 0.486 e. The Hall–Kier alpha value is -3.38. The molecule has 5 rings (SSSR count). The van der Waals surface area contributed by atoms with Gasteiger partial charge in [0.2, 0.25) is 0 Å². The number of carbonyl (C=O) groups excluding carboxylic acids is 2. The summed E-state index contributed by atoms with van der Waals surface area (Å²) in [7, 11) is 0. The number of nitrogens with zero attached hydrogens (tertiary/aromatic N) is 2. The highest BCUT2D eigenvalue weighted by Crippen LogP contribution is 2.39. The van der Waals surface area contributed by atoms with Crippen LogP contribution in [0, 0.1) is 11.3 Å². The SMILES string of the molecule is N#Cc1ccccc1COc1c(Br)cc(/C=C2/SC(=O)N(Cc3cccc4ccccc34)C2=O)cc1Br. The van der Waals surface area contributed by atoms with Gasteiger partial charge in [0.05, 0.1) is 32.0 Å². The van der Waals surface area contributed by atoms with Gasteiger partial charge in [-0.25, -0.2) is 0 Å². The lowest BCUT2D eigenvalue weighted by atomic mass is 10.0. The Morgan fingerprint density at radius 3 is 2.38 bits per heavy atom. The highest BCUT2D eigenvalue weighted by atomic mass is 79.9. The second-order valence-electron chi connectivity index (χ2n) is 8.28. The normalized spacial score (nSPS) is 14.4. The third-order valence-electron chi connectivity index (χ3n) is 5.91. The molecular formula is C29H18Br2N2O3S. The fraction of sp³-hybridized carbons (Fsp3) is 0.0690. The Balaban J connectivity index is 1.35. The number of fused-ring (bicyclic) bond motifs is 1. The van der Waals surface area contributed by atoms with E-state index in [0.717, 1.165) is 39.2 Å². The third kappa shape index (κ3) is 5.35. The number of amides is 2. The monoisotopic (exact) mass is 632 g/mol. The van der Waals surface area contributed by atoms with Crippen molar-refractivity contribution in [1.82, 2.24) is 4.90 Å². The van der Waals surface area contributed by atoms with Gasteiger partial charge in [0, 0.05) is 5.56 Å². The molecule has 0 radical (unpaired) electrons. The van der Waals surface area contributed by atoms with E-state index in [4.69, 9.17) is 4.74 Å². The average molecular weight is 634 g/mol. The minimum atomic E-state index is -0.316. The topological polar surface area (TPSA) is 70.4 Å². The van der Waals surface area contributed by atoms with Gasteiger partial charge in [-0.15, -0.1) is 0 Å². The maximum absolute atomic E-state index is 13.2. The van der Waals surface area contributed by atoms with Crippen molar-refractivity contribution < 1.29 is 14.3 Å². The summed E-state index contributed by atoms with van der Waals surface area (Å²) in [6.45, 7) is 0.445. The Kier molecular flexibility index (Phi) is 7.47. The van der Waals surface area contributed by atoms with E-state index in [2.05, 4.69) is 37.9 Å². The summed E-state index contributed by atoms with van der Waals surface area (Å²) in [6.07, 6.45) is 1.71. The summed E-state index contributed by atoms with van der Waals surface area (Å²) in [5.74, 6) is 0.262. The van der Waals surface area contributed by atoms with Crippen molar-refractivity contribution >= 4 is 71.6 Å². The molecule has 0 saturated carbocycles. The predicted octanol–water partition coefficient (Wildman–Crippen LogP) is 8.05. The number of thioether (sulfide) groups is 1. The van der Waals surface area contributed by atoms with Crippen LogP contribution in [0.25, 0.3) is 16.8 Å². The van der Waals surface area contributed by atoms with Crippen LogP contribution in [0.2, 0.25) is 0 Å². The first-order chi connectivity index (χ1) is 17.9. The molecule has 0 aromatic heterocycles. The molecule has 2 amide bonds. The van der Waals surface area contributed by atoms with Crippen molar-refractivity contribution in [2.75, 3.05) is 0 Å². The summed E-state index contributed by atoms with van der Waals surface area (Å²) < 4.78 is 7.33. The summed E-state index contributed by atoms with van der Waals surface area (Å²) in [6, 6.07) is 26.9. The van der Waals surface area contributed by atoms with Crippen molar-refractivity contribution in [3.8, 4) is 11.8 Å². The van der Waals surface area contributed by atoms with Crippen LogP contribution in [0.1, 0.15) is 22.3 Å². The lowest BCUT2D eigenvalue weighted by Gasteiger charge is -2.14. The van der Waals surface area contributed by atoms with Gasteiger partial charge in [-0.05, 0) is 89.8 Å². The van der Waals surface area contributed by atoms with E-state index in [9.17, 15) is 14.9 Å². The maximum atomic E-state index is 13.2. The van der Waals surface area contributed by atoms with Crippen LogP contribution in [0.15, 0.2) is 92.7 Å². The van der Waals surface area contributed by atoms with Gasteiger partial charge in [-0.3, -0.25) is 14.5 Å². The Morgan fingerprint density at radius 1 is 0.919 bits per heavy atom. The fourth-order valence-electron chi connectivity index (χ4n) is 4.09. The first-order valence-corrected chi connectivity index (χ1v) is 13.7. The molecule has 1 fully saturated rings. The molecule has 37 heavy (non-hydrogen) atoms. The quantitative estimate of drug-likeness (QED) is 0.201. The van der Waals surface area contributed by atoms with Crippen LogP contribution < -0.4 is 4.74 Å². The number of imide groups is 1. The zero-order chi connectivity index (χ0) is 25.9. The molecule has 1 aliphatic rings. The zero-order valence-corrected chi connectivity index (χ0v) is 23.3. The fourth-order valence-corrected chi connectivity index (χ4v) is 6.38. The minimum Gasteiger partial charge on any atom is -0.486 e. The number of nitriles is 1. The zero-order valence-electron chi connectivity index (χ0n) is 19.3. The van der Waals surface area contributed by atoms with Crippen molar-refractivity contribution in [3.05, 3.63) is 115 Å². The van der Waals surface area contributed by atoms with Crippen LogP contribution in [0.5, 0.6) is 5.75 Å². The predicted molar refractivity (Wildman–Crippen MR) is 153 cm³/mol. The van der Waals surface area contributed by atoms with Crippen LogP contribution in [-0.2, 0) is 17.9 Å². The Bertz CT molecular complexity index is 1600. The van der Waals surface area contributed by atoms with Crippen molar-refractivity contribution in [2.24, 2.45) is 0 Å². The Morgan fingerprint density at radius 2 is 1.59 bits per heavy atom. The van der Waals surface area contributed by atoms with E-state index in [0.29, 0.717) is 25.2 Å². The molecule has 4 aromatic carbocycles. The van der Waals surface area contributed by atoms with Crippen molar-refractivity contribution in [2.45, 2.75) is 13.2 Å². The third-order valence-corrected chi connectivity index (χ3v) is 8.00. The first-order valence-electron chi connectivity index (χ1n) is 11.3. The summed E-state index contributed by atoms with van der Waals surface area (Å²) in [4.78, 5) is 27.6. The van der Waals surface area contributed by atoms with Crippen LogP contribution >= 0.6 is 43.6 Å². The minimum absolute atomic E-state index is 0.216. The molecule has 0 atom stereocenters. The summed E-state index contributed by atoms with van der Waals surface area (Å²) in [5, 5.41) is 11.1. The number of carbonyl (C=O) groups is 2. The van der Waals surface area contributed by atoms with E-state index in [-0.39, 0.29) is 24.3 Å². The lowest BCUT2D eigenvalue weighted by molar-refractivity contribution is -0.123. The molecule has 5 nitrogen and oxygen atoms in total. The molecule has 1 aliphatic heterocycles.